The first-order valence-electron chi connectivity index (χ1n) is 6.00. The van der Waals surface area contributed by atoms with Crippen molar-refractivity contribution < 1.29 is 9.18 Å². The third kappa shape index (κ3) is 3.20. The molecule has 0 spiro atoms. The Morgan fingerprint density at radius 2 is 1.85 bits per heavy atom. The second-order valence-electron chi connectivity index (χ2n) is 4.21. The number of hydrogen-bond acceptors (Lipinski definition) is 3. The Labute approximate surface area is 116 Å². The summed E-state index contributed by atoms with van der Waals surface area (Å²) in [6.45, 7) is 0. The fourth-order valence-corrected chi connectivity index (χ4v) is 1.62. The summed E-state index contributed by atoms with van der Waals surface area (Å²) in [6, 6.07) is 12.6. The van der Waals surface area contributed by atoms with E-state index in [2.05, 4.69) is 5.10 Å². The number of nitrogens with two attached hydrogens (primary N) is 1. The van der Waals surface area contributed by atoms with Crippen LogP contribution in [0, 0.1) is 5.82 Å². The Morgan fingerprint density at radius 3 is 2.50 bits per heavy atom. The molecular formula is C15H14FN3O. The lowest BCUT2D eigenvalue weighted by Crippen LogP contribution is -2.22. The number of nitrogens with zero attached hydrogens (tertiary/aromatic N) is 2. The molecule has 0 unspecified atom stereocenters. The van der Waals surface area contributed by atoms with Crippen molar-refractivity contribution in [2.45, 2.75) is 0 Å². The predicted molar refractivity (Wildman–Crippen MR) is 76.9 cm³/mol. The first-order valence-corrected chi connectivity index (χ1v) is 6.00. The Balaban J connectivity index is 2.12. The van der Waals surface area contributed by atoms with Crippen LogP contribution >= 0.6 is 0 Å². The number of benzene rings is 2. The fourth-order valence-electron chi connectivity index (χ4n) is 1.62. The van der Waals surface area contributed by atoms with Gasteiger partial charge in [-0.2, -0.15) is 5.10 Å². The van der Waals surface area contributed by atoms with Gasteiger partial charge in [0, 0.05) is 12.7 Å². The molecule has 0 aliphatic rings. The molecule has 5 heteroatoms. The van der Waals surface area contributed by atoms with Gasteiger partial charge in [0.25, 0.3) is 5.91 Å². The van der Waals surface area contributed by atoms with E-state index < -0.39 is 0 Å². The average Bonchev–Trinajstić information content (AvgIpc) is 2.46. The summed E-state index contributed by atoms with van der Waals surface area (Å²) in [5.74, 6) is -0.620. The lowest BCUT2D eigenvalue weighted by Gasteiger charge is -2.12. The molecule has 0 fully saturated rings. The van der Waals surface area contributed by atoms with Crippen LogP contribution < -0.4 is 5.73 Å². The quantitative estimate of drug-likeness (QED) is 0.530. The van der Waals surface area contributed by atoms with Gasteiger partial charge < -0.3 is 5.73 Å². The molecule has 102 valence electrons. The lowest BCUT2D eigenvalue weighted by molar-refractivity contribution is 0.0801. The number of hydrogen-bond donors (Lipinski definition) is 1. The van der Waals surface area contributed by atoms with E-state index in [4.69, 9.17) is 5.73 Å². The standard InChI is InChI=1S/C15H14FN3O/c1-19(15(20)13-4-2-3-5-14(13)17)18-10-11-6-8-12(16)9-7-11/h2-10H,17H2,1H3/b18-10+. The number of anilines is 1. The van der Waals surface area contributed by atoms with Gasteiger partial charge in [-0.1, -0.05) is 24.3 Å². The smallest absolute Gasteiger partial charge is 0.275 e. The fraction of sp³-hybridized carbons (Fsp3) is 0.0667. The van der Waals surface area contributed by atoms with Gasteiger partial charge in [0.05, 0.1) is 11.8 Å². The molecule has 0 heterocycles. The number of para-hydroxylation sites is 1. The Kier molecular flexibility index (Phi) is 4.10. The summed E-state index contributed by atoms with van der Waals surface area (Å²) in [6.07, 6.45) is 1.48. The highest BCUT2D eigenvalue weighted by atomic mass is 19.1. The summed E-state index contributed by atoms with van der Waals surface area (Å²) in [5.41, 5.74) is 7.24. The number of amides is 1. The molecule has 1 amide bonds. The Hall–Kier alpha value is -2.69. The van der Waals surface area contributed by atoms with Crippen LogP contribution in [0.2, 0.25) is 0 Å². The van der Waals surface area contributed by atoms with Gasteiger partial charge >= 0.3 is 0 Å². The van der Waals surface area contributed by atoms with Crippen LogP contribution in [-0.4, -0.2) is 24.2 Å². The predicted octanol–water partition coefficient (Wildman–Crippen LogP) is 2.51. The zero-order valence-electron chi connectivity index (χ0n) is 11.0. The van der Waals surface area contributed by atoms with Crippen molar-refractivity contribution in [2.24, 2.45) is 5.10 Å². The molecule has 0 radical (unpaired) electrons. The van der Waals surface area contributed by atoms with Crippen LogP contribution in [0.3, 0.4) is 0 Å². The van der Waals surface area contributed by atoms with Crippen LogP contribution in [0.15, 0.2) is 53.6 Å². The molecule has 0 saturated carbocycles. The van der Waals surface area contributed by atoms with E-state index in [1.165, 1.54) is 30.4 Å². The molecule has 0 aromatic heterocycles. The number of hydrazone groups is 1. The highest BCUT2D eigenvalue weighted by Crippen LogP contribution is 2.12. The third-order valence-electron chi connectivity index (χ3n) is 2.74. The van der Waals surface area contributed by atoms with Crippen LogP contribution in [0.5, 0.6) is 0 Å². The van der Waals surface area contributed by atoms with Gasteiger partial charge in [-0.25, -0.2) is 9.40 Å². The van der Waals surface area contributed by atoms with E-state index in [0.717, 1.165) is 0 Å². The molecular weight excluding hydrogens is 257 g/mol. The van der Waals surface area contributed by atoms with E-state index in [1.807, 2.05) is 0 Å². The van der Waals surface area contributed by atoms with E-state index in [9.17, 15) is 9.18 Å². The van der Waals surface area contributed by atoms with Crippen molar-refractivity contribution in [1.29, 1.82) is 0 Å². The average molecular weight is 271 g/mol. The van der Waals surface area contributed by atoms with Crippen LogP contribution in [0.1, 0.15) is 15.9 Å². The van der Waals surface area contributed by atoms with E-state index in [1.54, 1.807) is 36.4 Å². The Morgan fingerprint density at radius 1 is 1.20 bits per heavy atom. The van der Waals surface area contributed by atoms with Gasteiger partial charge in [0.1, 0.15) is 5.82 Å². The molecule has 2 aromatic carbocycles. The SMILES string of the molecule is CN(/N=C/c1ccc(F)cc1)C(=O)c1ccccc1N. The summed E-state index contributed by atoms with van der Waals surface area (Å²) < 4.78 is 12.8. The van der Waals surface area contributed by atoms with Crippen molar-refractivity contribution in [3.8, 4) is 0 Å². The summed E-state index contributed by atoms with van der Waals surface area (Å²) in [7, 11) is 1.54. The number of halogens is 1. The molecule has 2 rings (SSSR count). The minimum absolute atomic E-state index is 0.304. The first kappa shape index (κ1) is 13.7. The van der Waals surface area contributed by atoms with Crippen molar-refractivity contribution >= 4 is 17.8 Å². The van der Waals surface area contributed by atoms with Crippen LogP contribution in [0.25, 0.3) is 0 Å². The zero-order chi connectivity index (χ0) is 14.5. The molecule has 4 nitrogen and oxygen atoms in total. The minimum atomic E-state index is -0.316. The van der Waals surface area contributed by atoms with Gasteiger partial charge in [0.2, 0.25) is 0 Å². The lowest BCUT2D eigenvalue weighted by atomic mass is 10.1. The van der Waals surface area contributed by atoms with Crippen molar-refractivity contribution in [3.05, 3.63) is 65.5 Å². The molecule has 2 N–H and O–H groups in total. The van der Waals surface area contributed by atoms with Gasteiger partial charge in [0.15, 0.2) is 0 Å². The highest BCUT2D eigenvalue weighted by molar-refractivity contribution is 5.99. The number of nitrogen functional groups attached to an aromatic ring is 1. The molecule has 0 saturated heterocycles. The molecule has 0 atom stereocenters. The summed E-state index contributed by atoms with van der Waals surface area (Å²) in [4.78, 5) is 12.1. The Bertz CT molecular complexity index is 638. The van der Waals surface area contributed by atoms with Gasteiger partial charge in [-0.15, -0.1) is 0 Å². The van der Waals surface area contributed by atoms with Gasteiger partial charge in [-0.3, -0.25) is 4.79 Å². The van der Waals surface area contributed by atoms with Crippen molar-refractivity contribution in [3.63, 3.8) is 0 Å². The maximum atomic E-state index is 12.8. The second kappa shape index (κ2) is 5.97. The largest absolute Gasteiger partial charge is 0.398 e. The van der Waals surface area contributed by atoms with E-state index in [-0.39, 0.29) is 11.7 Å². The monoisotopic (exact) mass is 271 g/mol. The van der Waals surface area contributed by atoms with Crippen LogP contribution in [0.4, 0.5) is 10.1 Å². The minimum Gasteiger partial charge on any atom is -0.398 e. The normalized spacial score (nSPS) is 10.7. The molecule has 0 bridgehead atoms. The maximum Gasteiger partial charge on any atom is 0.275 e. The highest BCUT2D eigenvalue weighted by Gasteiger charge is 2.12. The van der Waals surface area contributed by atoms with Crippen molar-refractivity contribution in [1.82, 2.24) is 5.01 Å². The topological polar surface area (TPSA) is 58.7 Å². The molecule has 20 heavy (non-hydrogen) atoms. The molecule has 0 aliphatic heterocycles. The summed E-state index contributed by atoms with van der Waals surface area (Å²) in [5, 5.41) is 5.21. The third-order valence-corrected chi connectivity index (χ3v) is 2.74. The molecule has 0 aliphatic carbocycles. The zero-order valence-corrected chi connectivity index (χ0v) is 11.0. The maximum absolute atomic E-state index is 12.8. The summed E-state index contributed by atoms with van der Waals surface area (Å²) >= 11 is 0. The molecule has 2 aromatic rings. The second-order valence-corrected chi connectivity index (χ2v) is 4.21. The van der Waals surface area contributed by atoms with Crippen LogP contribution in [-0.2, 0) is 0 Å². The number of carbonyl (C=O) groups excluding carboxylic acids is 1. The van der Waals surface area contributed by atoms with Crippen molar-refractivity contribution in [2.75, 3.05) is 12.8 Å². The first-order chi connectivity index (χ1) is 9.58. The number of rotatable bonds is 3. The van der Waals surface area contributed by atoms with Gasteiger partial charge in [-0.05, 0) is 29.8 Å². The number of carbonyl (C=O) groups is 1. The van der Waals surface area contributed by atoms with E-state index in [0.29, 0.717) is 16.8 Å². The van der Waals surface area contributed by atoms with E-state index >= 15 is 0 Å².